The highest BCUT2D eigenvalue weighted by molar-refractivity contribution is 5.97. The number of likely N-dealkylation sites (tertiary alicyclic amines) is 1. The molecule has 1 aliphatic heterocycles. The van der Waals surface area contributed by atoms with Gasteiger partial charge in [-0.15, -0.1) is 0 Å². The minimum Gasteiger partial charge on any atom is -0.506 e. The van der Waals surface area contributed by atoms with Gasteiger partial charge in [-0.1, -0.05) is 6.07 Å². The normalized spacial score (nSPS) is 13.9. The van der Waals surface area contributed by atoms with Crippen molar-refractivity contribution in [3.8, 4) is 45.3 Å². The van der Waals surface area contributed by atoms with Crippen LogP contribution in [0.4, 0.5) is 4.39 Å². The second-order valence-electron chi connectivity index (χ2n) is 9.98. The molecule has 9 nitrogen and oxygen atoms in total. The summed E-state index contributed by atoms with van der Waals surface area (Å²) in [5.41, 5.74) is 5.73. The van der Waals surface area contributed by atoms with Crippen molar-refractivity contribution in [1.29, 1.82) is 0 Å². The molecule has 0 amide bonds. The van der Waals surface area contributed by atoms with Crippen LogP contribution in [0.3, 0.4) is 0 Å². The zero-order chi connectivity index (χ0) is 27.1. The van der Waals surface area contributed by atoms with Gasteiger partial charge in [0, 0.05) is 41.5 Å². The van der Waals surface area contributed by atoms with Crippen LogP contribution in [0.15, 0.2) is 67.1 Å². The number of H-pyrrole nitrogens is 2. The molecule has 40 heavy (non-hydrogen) atoms. The number of benzene rings is 2. The maximum atomic E-state index is 14.7. The Kier molecular flexibility index (Phi) is 6.09. The van der Waals surface area contributed by atoms with Crippen molar-refractivity contribution >= 4 is 22.1 Å². The highest BCUT2D eigenvalue weighted by atomic mass is 19.1. The number of halogens is 1. The summed E-state index contributed by atoms with van der Waals surface area (Å²) in [5, 5.41) is 18.3. The number of aromatic nitrogens is 6. The maximum absolute atomic E-state index is 14.7. The predicted octanol–water partition coefficient (Wildman–Crippen LogP) is 5.55. The molecule has 0 spiro atoms. The standard InChI is InChI=1S/C30H26FN7O2/c31-21-11-19(13-23(15-21)40-10-9-38-7-1-2-8-38)24-5-6-33-29-27(24)34-30(35-29)28-25-14-18(3-4-26(25)36-37-28)20-12-22(39)17-32-16-20/h3-6,11-17,39H,1-2,7-10H2,(H,36,37)(H,33,34,35). The van der Waals surface area contributed by atoms with Gasteiger partial charge in [-0.05, 0) is 73.5 Å². The summed E-state index contributed by atoms with van der Waals surface area (Å²) in [7, 11) is 0. The van der Waals surface area contributed by atoms with E-state index in [1.165, 1.54) is 31.2 Å². The number of hydrogen-bond donors (Lipinski definition) is 3. The van der Waals surface area contributed by atoms with Crippen LogP contribution in [0.1, 0.15) is 12.8 Å². The molecule has 0 saturated carbocycles. The number of aromatic hydroxyl groups is 1. The third kappa shape index (κ3) is 4.62. The molecule has 3 N–H and O–H groups in total. The van der Waals surface area contributed by atoms with Gasteiger partial charge in [-0.25, -0.2) is 14.4 Å². The highest BCUT2D eigenvalue weighted by Gasteiger charge is 2.18. The van der Waals surface area contributed by atoms with E-state index >= 15 is 0 Å². The molecule has 0 atom stereocenters. The van der Waals surface area contributed by atoms with E-state index in [-0.39, 0.29) is 11.6 Å². The number of aromatic amines is 2. The van der Waals surface area contributed by atoms with Crippen LogP contribution in [0.2, 0.25) is 0 Å². The third-order valence-electron chi connectivity index (χ3n) is 7.29. The number of ether oxygens (including phenoxy) is 1. The SMILES string of the molecule is Oc1cncc(-c2ccc3[nH]nc(-c4nc5nccc(-c6cc(F)cc(OCCN7CCCC7)c6)c5[nH]4)c3c2)c1. The van der Waals surface area contributed by atoms with Gasteiger partial charge in [0.15, 0.2) is 11.5 Å². The lowest BCUT2D eigenvalue weighted by Gasteiger charge is -2.15. The van der Waals surface area contributed by atoms with E-state index in [1.807, 2.05) is 30.3 Å². The fourth-order valence-corrected chi connectivity index (χ4v) is 5.32. The molecule has 0 aliphatic carbocycles. The Morgan fingerprint density at radius 1 is 0.975 bits per heavy atom. The van der Waals surface area contributed by atoms with E-state index in [1.54, 1.807) is 18.5 Å². The molecule has 7 rings (SSSR count). The average molecular weight is 536 g/mol. The van der Waals surface area contributed by atoms with E-state index in [0.29, 0.717) is 40.6 Å². The number of nitrogens with zero attached hydrogens (tertiary/aromatic N) is 5. The monoisotopic (exact) mass is 535 g/mol. The summed E-state index contributed by atoms with van der Waals surface area (Å²) in [4.78, 5) is 19.0. The Labute approximate surface area is 228 Å². The smallest absolute Gasteiger partial charge is 0.178 e. The lowest BCUT2D eigenvalue weighted by Crippen LogP contribution is -2.25. The lowest BCUT2D eigenvalue weighted by molar-refractivity contribution is 0.237. The molecule has 5 heterocycles. The number of imidazole rings is 1. The Morgan fingerprint density at radius 2 is 1.88 bits per heavy atom. The number of pyridine rings is 2. The fourth-order valence-electron chi connectivity index (χ4n) is 5.32. The molecular weight excluding hydrogens is 509 g/mol. The first-order valence-electron chi connectivity index (χ1n) is 13.2. The minimum absolute atomic E-state index is 0.0957. The topological polar surface area (TPSA) is 116 Å². The number of nitrogens with one attached hydrogen (secondary N) is 2. The van der Waals surface area contributed by atoms with Crippen molar-refractivity contribution in [3.63, 3.8) is 0 Å². The quantitative estimate of drug-likeness (QED) is 0.245. The molecular formula is C30H26FN7O2. The Balaban J connectivity index is 1.23. The zero-order valence-electron chi connectivity index (χ0n) is 21.6. The molecule has 1 fully saturated rings. The summed E-state index contributed by atoms with van der Waals surface area (Å²) in [5.74, 6) is 0.751. The number of fused-ring (bicyclic) bond motifs is 2. The second-order valence-corrected chi connectivity index (χ2v) is 9.98. The molecule has 0 radical (unpaired) electrons. The van der Waals surface area contributed by atoms with E-state index in [0.717, 1.165) is 47.2 Å². The number of hydrogen-bond acceptors (Lipinski definition) is 7. The third-order valence-corrected chi connectivity index (χ3v) is 7.29. The first-order valence-corrected chi connectivity index (χ1v) is 13.2. The van der Waals surface area contributed by atoms with Gasteiger partial charge in [0.2, 0.25) is 0 Å². The Hall–Kier alpha value is -4.83. The molecule has 6 aromatic rings. The molecule has 200 valence electrons. The van der Waals surface area contributed by atoms with Crippen molar-refractivity contribution in [2.75, 3.05) is 26.2 Å². The van der Waals surface area contributed by atoms with E-state index in [2.05, 4.69) is 30.0 Å². The maximum Gasteiger partial charge on any atom is 0.178 e. The summed E-state index contributed by atoms with van der Waals surface area (Å²) < 4.78 is 20.6. The van der Waals surface area contributed by atoms with Crippen LogP contribution in [0, 0.1) is 5.82 Å². The van der Waals surface area contributed by atoms with Gasteiger partial charge >= 0.3 is 0 Å². The van der Waals surface area contributed by atoms with Gasteiger partial charge in [0.25, 0.3) is 0 Å². The van der Waals surface area contributed by atoms with Crippen molar-refractivity contribution in [3.05, 3.63) is 72.9 Å². The summed E-state index contributed by atoms with van der Waals surface area (Å²) in [6.07, 6.45) is 7.20. The van der Waals surface area contributed by atoms with E-state index < -0.39 is 0 Å². The van der Waals surface area contributed by atoms with E-state index in [4.69, 9.17) is 9.72 Å². The number of rotatable bonds is 7. The van der Waals surface area contributed by atoms with Gasteiger partial charge in [0.05, 0.1) is 17.2 Å². The molecule has 10 heteroatoms. The second kappa shape index (κ2) is 10.0. The molecule has 0 bridgehead atoms. The largest absolute Gasteiger partial charge is 0.506 e. The van der Waals surface area contributed by atoms with Gasteiger partial charge in [0.1, 0.15) is 29.6 Å². The average Bonchev–Trinajstić information content (AvgIpc) is 3.72. The predicted molar refractivity (Wildman–Crippen MR) is 150 cm³/mol. The van der Waals surface area contributed by atoms with E-state index in [9.17, 15) is 9.50 Å². The highest BCUT2D eigenvalue weighted by Crippen LogP contribution is 2.34. The van der Waals surface area contributed by atoms with Gasteiger partial charge < -0.3 is 14.8 Å². The first kappa shape index (κ1) is 24.2. The van der Waals surface area contributed by atoms with Crippen LogP contribution >= 0.6 is 0 Å². The van der Waals surface area contributed by atoms with Crippen molar-refractivity contribution < 1.29 is 14.2 Å². The molecule has 4 aromatic heterocycles. The van der Waals surface area contributed by atoms with Crippen LogP contribution in [0.5, 0.6) is 11.5 Å². The summed E-state index contributed by atoms with van der Waals surface area (Å²) >= 11 is 0. The molecule has 2 aromatic carbocycles. The van der Waals surface area contributed by atoms with Crippen molar-refractivity contribution in [2.45, 2.75) is 12.8 Å². The lowest BCUT2D eigenvalue weighted by atomic mass is 10.0. The molecule has 1 saturated heterocycles. The Bertz CT molecular complexity index is 1840. The summed E-state index contributed by atoms with van der Waals surface area (Å²) in [6, 6.07) is 14.1. The Morgan fingerprint density at radius 3 is 2.75 bits per heavy atom. The molecule has 1 aliphatic rings. The van der Waals surface area contributed by atoms with Crippen LogP contribution in [-0.2, 0) is 0 Å². The molecule has 0 unspecified atom stereocenters. The minimum atomic E-state index is -0.370. The van der Waals surface area contributed by atoms with Crippen molar-refractivity contribution in [1.82, 2.24) is 35.0 Å². The van der Waals surface area contributed by atoms with Crippen LogP contribution < -0.4 is 4.74 Å². The first-order chi connectivity index (χ1) is 19.6. The van der Waals surface area contributed by atoms with Crippen LogP contribution in [-0.4, -0.2) is 66.4 Å². The van der Waals surface area contributed by atoms with Gasteiger partial charge in [-0.3, -0.25) is 15.0 Å². The fraction of sp³-hybridized carbons (Fsp3) is 0.200. The summed E-state index contributed by atoms with van der Waals surface area (Å²) in [6.45, 7) is 3.52. The van der Waals surface area contributed by atoms with Gasteiger partial charge in [-0.2, -0.15) is 5.10 Å². The van der Waals surface area contributed by atoms with Crippen LogP contribution in [0.25, 0.3) is 55.8 Å². The van der Waals surface area contributed by atoms with Crippen molar-refractivity contribution in [2.24, 2.45) is 0 Å². The zero-order valence-corrected chi connectivity index (χ0v) is 21.6.